The summed E-state index contributed by atoms with van der Waals surface area (Å²) in [7, 11) is 3.09. The van der Waals surface area contributed by atoms with E-state index in [1.807, 2.05) is 30.3 Å². The smallest absolute Gasteiger partial charge is 0.266 e. The molecule has 5 nitrogen and oxygen atoms in total. The number of carbonyl (C=O) groups is 1. The highest BCUT2D eigenvalue weighted by atomic mass is 16.5. The zero-order valence-corrected chi connectivity index (χ0v) is 15.9. The van der Waals surface area contributed by atoms with E-state index >= 15 is 0 Å². The number of aryl methyl sites for hydroxylation is 1. The van der Waals surface area contributed by atoms with Crippen molar-refractivity contribution in [3.63, 3.8) is 0 Å². The van der Waals surface area contributed by atoms with Crippen LogP contribution in [0.3, 0.4) is 0 Å². The number of unbranched alkanes of at least 4 members (excludes halogenated alkanes) is 1. The number of rotatable bonds is 8. The third-order valence-corrected chi connectivity index (χ3v) is 4.08. The lowest BCUT2D eigenvalue weighted by atomic mass is 10.1. The summed E-state index contributed by atoms with van der Waals surface area (Å²) in [5.41, 5.74) is 2.53. The number of nitrogens with zero attached hydrogens (tertiary/aromatic N) is 1. The third-order valence-electron chi connectivity index (χ3n) is 4.08. The molecule has 5 heteroatoms. The van der Waals surface area contributed by atoms with Gasteiger partial charge in [0.25, 0.3) is 5.91 Å². The van der Waals surface area contributed by atoms with Crippen LogP contribution in [-0.2, 0) is 11.2 Å². The summed E-state index contributed by atoms with van der Waals surface area (Å²) in [4.78, 5) is 12.4. The van der Waals surface area contributed by atoms with Gasteiger partial charge in [0.2, 0.25) is 0 Å². The van der Waals surface area contributed by atoms with Crippen molar-refractivity contribution in [2.24, 2.45) is 0 Å². The van der Waals surface area contributed by atoms with Gasteiger partial charge in [0.1, 0.15) is 23.1 Å². The van der Waals surface area contributed by atoms with Crippen molar-refractivity contribution in [1.29, 1.82) is 5.26 Å². The first-order valence-corrected chi connectivity index (χ1v) is 8.84. The molecule has 0 spiro atoms. The van der Waals surface area contributed by atoms with Crippen LogP contribution in [0.25, 0.3) is 6.08 Å². The van der Waals surface area contributed by atoms with E-state index in [1.165, 1.54) is 11.6 Å². The van der Waals surface area contributed by atoms with Crippen LogP contribution in [0.5, 0.6) is 11.5 Å². The molecule has 0 atom stereocenters. The standard InChI is InChI=1S/C22H24N2O3/c1-4-5-6-16-7-9-19(10-8-16)24-22(25)18(15-23)11-17-12-20(26-2)14-21(13-17)27-3/h7-14H,4-6H2,1-3H3,(H,24,25)/b18-11+. The molecule has 2 aromatic carbocycles. The van der Waals surface area contributed by atoms with Gasteiger partial charge in [-0.2, -0.15) is 5.26 Å². The lowest BCUT2D eigenvalue weighted by Gasteiger charge is -2.08. The van der Waals surface area contributed by atoms with Crippen molar-refractivity contribution in [1.82, 2.24) is 0 Å². The first-order chi connectivity index (χ1) is 13.1. The van der Waals surface area contributed by atoms with Crippen LogP contribution in [0.1, 0.15) is 30.9 Å². The molecule has 0 bridgehead atoms. The van der Waals surface area contributed by atoms with Crippen molar-refractivity contribution >= 4 is 17.7 Å². The first kappa shape index (κ1) is 20.1. The molecule has 0 radical (unpaired) electrons. The van der Waals surface area contributed by atoms with Crippen molar-refractivity contribution in [2.75, 3.05) is 19.5 Å². The molecule has 0 saturated heterocycles. The molecule has 0 unspecified atom stereocenters. The topological polar surface area (TPSA) is 71.4 Å². The molecule has 0 aliphatic rings. The normalized spacial score (nSPS) is 10.8. The van der Waals surface area contributed by atoms with Crippen molar-refractivity contribution < 1.29 is 14.3 Å². The molecular formula is C22H24N2O3. The van der Waals surface area contributed by atoms with Gasteiger partial charge in [0.15, 0.2) is 0 Å². The van der Waals surface area contributed by atoms with Gasteiger partial charge in [-0.15, -0.1) is 0 Å². The molecule has 0 heterocycles. The highest BCUT2D eigenvalue weighted by molar-refractivity contribution is 6.09. The molecule has 0 saturated carbocycles. The Morgan fingerprint density at radius 3 is 2.26 bits per heavy atom. The fraction of sp³-hybridized carbons (Fsp3) is 0.273. The number of ether oxygens (including phenoxy) is 2. The fourth-order valence-corrected chi connectivity index (χ4v) is 2.56. The number of amides is 1. The molecule has 0 aromatic heterocycles. The highest BCUT2D eigenvalue weighted by Crippen LogP contribution is 2.24. The zero-order chi connectivity index (χ0) is 19.6. The maximum absolute atomic E-state index is 12.4. The minimum absolute atomic E-state index is 0.000339. The lowest BCUT2D eigenvalue weighted by molar-refractivity contribution is -0.112. The Hall–Kier alpha value is -3.26. The van der Waals surface area contributed by atoms with Gasteiger partial charge < -0.3 is 14.8 Å². The Morgan fingerprint density at radius 1 is 1.11 bits per heavy atom. The predicted molar refractivity (Wildman–Crippen MR) is 107 cm³/mol. The summed E-state index contributed by atoms with van der Waals surface area (Å²) < 4.78 is 10.4. The van der Waals surface area contributed by atoms with Gasteiger partial charge in [0.05, 0.1) is 14.2 Å². The Kier molecular flexibility index (Phi) is 7.45. The summed E-state index contributed by atoms with van der Waals surface area (Å²) in [5.74, 6) is 0.711. The molecule has 0 fully saturated rings. The SMILES string of the molecule is CCCCc1ccc(NC(=O)/C(C#N)=C/c2cc(OC)cc(OC)c2)cc1. The second kappa shape index (κ2) is 10.0. The minimum Gasteiger partial charge on any atom is -0.497 e. The summed E-state index contributed by atoms with van der Waals surface area (Å²) in [5, 5.41) is 12.1. The van der Waals surface area contributed by atoms with Crippen LogP contribution < -0.4 is 14.8 Å². The monoisotopic (exact) mass is 364 g/mol. The maximum Gasteiger partial charge on any atom is 0.266 e. The van der Waals surface area contributed by atoms with Crippen LogP contribution in [0, 0.1) is 11.3 Å². The summed E-state index contributed by atoms with van der Waals surface area (Å²) in [6, 6.07) is 14.8. The Bertz CT molecular complexity index is 827. The van der Waals surface area contributed by atoms with E-state index in [-0.39, 0.29) is 5.57 Å². The third kappa shape index (κ3) is 5.89. The van der Waals surface area contributed by atoms with Crippen LogP contribution in [-0.4, -0.2) is 20.1 Å². The average molecular weight is 364 g/mol. The summed E-state index contributed by atoms with van der Waals surface area (Å²) in [6.45, 7) is 2.16. The number of hydrogen-bond acceptors (Lipinski definition) is 4. The Morgan fingerprint density at radius 2 is 1.74 bits per heavy atom. The fourth-order valence-electron chi connectivity index (χ4n) is 2.56. The number of carbonyl (C=O) groups excluding carboxylic acids is 1. The van der Waals surface area contributed by atoms with Gasteiger partial charge in [-0.3, -0.25) is 4.79 Å². The number of hydrogen-bond donors (Lipinski definition) is 1. The number of nitrogens with one attached hydrogen (secondary N) is 1. The number of anilines is 1. The van der Waals surface area contributed by atoms with Crippen LogP contribution in [0.2, 0.25) is 0 Å². The zero-order valence-electron chi connectivity index (χ0n) is 15.9. The molecule has 2 rings (SSSR count). The van der Waals surface area contributed by atoms with E-state index in [4.69, 9.17) is 9.47 Å². The molecule has 140 valence electrons. The highest BCUT2D eigenvalue weighted by Gasteiger charge is 2.11. The minimum atomic E-state index is -0.458. The summed E-state index contributed by atoms with van der Waals surface area (Å²) >= 11 is 0. The van der Waals surface area contributed by atoms with Gasteiger partial charge >= 0.3 is 0 Å². The number of nitriles is 1. The number of benzene rings is 2. The van der Waals surface area contributed by atoms with E-state index in [0.717, 1.165) is 19.3 Å². The van der Waals surface area contributed by atoms with Crippen LogP contribution >= 0.6 is 0 Å². The van der Waals surface area contributed by atoms with E-state index in [0.29, 0.717) is 22.7 Å². The van der Waals surface area contributed by atoms with E-state index in [2.05, 4.69) is 12.2 Å². The van der Waals surface area contributed by atoms with E-state index in [1.54, 1.807) is 32.4 Å². The molecular weight excluding hydrogens is 340 g/mol. The van der Waals surface area contributed by atoms with Crippen molar-refractivity contribution in [3.8, 4) is 17.6 Å². The van der Waals surface area contributed by atoms with Gasteiger partial charge in [-0.25, -0.2) is 0 Å². The maximum atomic E-state index is 12.4. The molecule has 2 aromatic rings. The van der Waals surface area contributed by atoms with Crippen LogP contribution in [0.15, 0.2) is 48.0 Å². The molecule has 0 aliphatic carbocycles. The van der Waals surface area contributed by atoms with Gasteiger partial charge in [0, 0.05) is 11.8 Å². The van der Waals surface area contributed by atoms with Crippen molar-refractivity contribution in [3.05, 3.63) is 59.2 Å². The number of methoxy groups -OCH3 is 2. The first-order valence-electron chi connectivity index (χ1n) is 8.84. The van der Waals surface area contributed by atoms with Crippen molar-refractivity contribution in [2.45, 2.75) is 26.2 Å². The second-order valence-electron chi connectivity index (χ2n) is 6.07. The molecule has 1 N–H and O–H groups in total. The van der Waals surface area contributed by atoms with E-state index < -0.39 is 5.91 Å². The largest absolute Gasteiger partial charge is 0.497 e. The second-order valence-corrected chi connectivity index (χ2v) is 6.07. The molecule has 27 heavy (non-hydrogen) atoms. The van der Waals surface area contributed by atoms with E-state index in [9.17, 15) is 10.1 Å². The predicted octanol–water partition coefficient (Wildman–Crippen LogP) is 4.59. The molecule has 1 amide bonds. The summed E-state index contributed by atoms with van der Waals surface area (Å²) in [6.07, 6.45) is 4.81. The quantitative estimate of drug-likeness (QED) is 0.549. The Labute approximate surface area is 160 Å². The van der Waals surface area contributed by atoms with Gasteiger partial charge in [-0.05, 0) is 54.3 Å². The average Bonchev–Trinajstić information content (AvgIpc) is 2.71. The van der Waals surface area contributed by atoms with Crippen LogP contribution in [0.4, 0.5) is 5.69 Å². The lowest BCUT2D eigenvalue weighted by Crippen LogP contribution is -2.13. The molecule has 0 aliphatic heterocycles. The van der Waals surface area contributed by atoms with Gasteiger partial charge in [-0.1, -0.05) is 25.5 Å². The Balaban J connectivity index is 2.16.